The Hall–Kier alpha value is -2.27. The van der Waals surface area contributed by atoms with Crippen molar-refractivity contribution in [3.05, 3.63) is 58.7 Å². The molecular weight excluding hydrogens is 384 g/mol. The molecule has 0 aliphatic carbocycles. The predicted molar refractivity (Wildman–Crippen MR) is 124 cm³/mol. The van der Waals surface area contributed by atoms with E-state index in [0.29, 0.717) is 11.7 Å². The van der Waals surface area contributed by atoms with Gasteiger partial charge in [-0.05, 0) is 68.7 Å². The van der Waals surface area contributed by atoms with Crippen LogP contribution < -0.4 is 0 Å². The molecule has 2 aromatic rings. The number of nitrogens with zero attached hydrogens (tertiary/aromatic N) is 4. The van der Waals surface area contributed by atoms with Gasteiger partial charge in [0.15, 0.2) is 0 Å². The van der Waals surface area contributed by atoms with Gasteiger partial charge >= 0.3 is 0 Å². The molecule has 1 amide bonds. The maximum absolute atomic E-state index is 13.2. The smallest absolute Gasteiger partial charge is 0.272 e. The van der Waals surface area contributed by atoms with Crippen molar-refractivity contribution in [3.8, 4) is 0 Å². The Morgan fingerprint density at radius 1 is 1.03 bits per heavy atom. The highest BCUT2D eigenvalue weighted by Gasteiger charge is 2.33. The first kappa shape index (κ1) is 21.9. The van der Waals surface area contributed by atoms with Gasteiger partial charge in [-0.3, -0.25) is 9.69 Å². The first-order chi connectivity index (χ1) is 14.8. The van der Waals surface area contributed by atoms with Crippen LogP contribution in [0.15, 0.2) is 30.6 Å². The minimum Gasteiger partial charge on any atom is -0.336 e. The van der Waals surface area contributed by atoms with Crippen molar-refractivity contribution in [2.45, 2.75) is 71.3 Å². The molecule has 5 heteroatoms. The highest BCUT2D eigenvalue weighted by molar-refractivity contribution is 5.94. The lowest BCUT2D eigenvalue weighted by molar-refractivity contribution is 0.0773. The van der Waals surface area contributed by atoms with Crippen molar-refractivity contribution in [2.24, 2.45) is 0 Å². The summed E-state index contributed by atoms with van der Waals surface area (Å²) in [5, 5.41) is 0. The fourth-order valence-electron chi connectivity index (χ4n) is 4.87. The second-order valence-corrected chi connectivity index (χ2v) is 10.2. The zero-order valence-electron chi connectivity index (χ0n) is 19.5. The van der Waals surface area contributed by atoms with Crippen molar-refractivity contribution in [3.63, 3.8) is 0 Å². The van der Waals surface area contributed by atoms with Crippen LogP contribution in [0.3, 0.4) is 0 Å². The molecule has 0 spiro atoms. The Bertz CT molecular complexity index is 910. The molecule has 5 nitrogen and oxygen atoms in total. The van der Waals surface area contributed by atoms with Gasteiger partial charge < -0.3 is 4.90 Å². The summed E-state index contributed by atoms with van der Waals surface area (Å²) in [4.78, 5) is 26.6. The molecule has 1 atom stereocenters. The van der Waals surface area contributed by atoms with Gasteiger partial charge in [0, 0.05) is 30.4 Å². The summed E-state index contributed by atoms with van der Waals surface area (Å²) in [5.41, 5.74) is 5.31. The molecule has 0 saturated carbocycles. The van der Waals surface area contributed by atoms with Gasteiger partial charge in [-0.25, -0.2) is 9.97 Å². The maximum Gasteiger partial charge on any atom is 0.272 e. The number of amides is 1. The number of aromatic nitrogens is 2. The minimum atomic E-state index is 0.0670. The van der Waals surface area contributed by atoms with Gasteiger partial charge in [-0.15, -0.1) is 0 Å². The van der Waals surface area contributed by atoms with Crippen LogP contribution in [0.25, 0.3) is 0 Å². The van der Waals surface area contributed by atoms with Crippen LogP contribution in [0.1, 0.15) is 72.9 Å². The van der Waals surface area contributed by atoms with Crippen molar-refractivity contribution >= 4 is 5.91 Å². The molecule has 2 aliphatic rings. The molecule has 31 heavy (non-hydrogen) atoms. The van der Waals surface area contributed by atoms with Crippen molar-refractivity contribution in [2.75, 3.05) is 26.2 Å². The first-order valence-corrected chi connectivity index (χ1v) is 11.8. The molecule has 1 unspecified atom stereocenters. The van der Waals surface area contributed by atoms with Gasteiger partial charge in [-0.2, -0.15) is 0 Å². The molecule has 2 aliphatic heterocycles. The summed E-state index contributed by atoms with van der Waals surface area (Å²) >= 11 is 0. The summed E-state index contributed by atoms with van der Waals surface area (Å²) < 4.78 is 0. The van der Waals surface area contributed by atoms with Crippen LogP contribution in [0.5, 0.6) is 0 Å². The van der Waals surface area contributed by atoms with Gasteiger partial charge in [0.25, 0.3) is 5.91 Å². The normalized spacial score (nSPS) is 19.9. The van der Waals surface area contributed by atoms with E-state index >= 15 is 0 Å². The lowest BCUT2D eigenvalue weighted by Gasteiger charge is -2.23. The van der Waals surface area contributed by atoms with E-state index in [1.54, 1.807) is 6.33 Å². The quantitative estimate of drug-likeness (QED) is 0.728. The number of hydrogen-bond donors (Lipinski definition) is 0. The molecule has 0 radical (unpaired) electrons. The molecule has 166 valence electrons. The van der Waals surface area contributed by atoms with E-state index in [1.165, 1.54) is 37.1 Å². The van der Waals surface area contributed by atoms with Crippen LogP contribution in [-0.2, 0) is 18.3 Å². The molecule has 0 bridgehead atoms. The molecule has 4 rings (SSSR count). The van der Waals surface area contributed by atoms with Gasteiger partial charge in [0.05, 0.1) is 0 Å². The maximum atomic E-state index is 13.2. The summed E-state index contributed by atoms with van der Waals surface area (Å²) in [6, 6.07) is 9.39. The largest absolute Gasteiger partial charge is 0.336 e. The lowest BCUT2D eigenvalue weighted by Crippen LogP contribution is -2.37. The second-order valence-electron chi connectivity index (χ2n) is 10.2. The monoisotopic (exact) mass is 420 g/mol. The van der Waals surface area contributed by atoms with Crippen molar-refractivity contribution in [1.82, 2.24) is 19.8 Å². The summed E-state index contributed by atoms with van der Waals surface area (Å²) in [6.07, 6.45) is 6.95. The Morgan fingerprint density at radius 2 is 1.74 bits per heavy atom. The Balaban J connectivity index is 1.40. The summed E-state index contributed by atoms with van der Waals surface area (Å²) in [7, 11) is 0. The van der Waals surface area contributed by atoms with Crippen molar-refractivity contribution in [1.29, 1.82) is 0 Å². The molecule has 1 aromatic carbocycles. The first-order valence-electron chi connectivity index (χ1n) is 11.8. The third-order valence-electron chi connectivity index (χ3n) is 6.97. The minimum absolute atomic E-state index is 0.0670. The third kappa shape index (κ3) is 4.98. The highest BCUT2D eigenvalue weighted by Crippen LogP contribution is 2.24. The van der Waals surface area contributed by atoms with E-state index in [1.807, 2.05) is 11.8 Å². The number of hydrogen-bond acceptors (Lipinski definition) is 4. The molecule has 0 N–H and O–H groups in total. The van der Waals surface area contributed by atoms with E-state index in [4.69, 9.17) is 0 Å². The molecular formula is C26H36N4O. The Kier molecular flexibility index (Phi) is 6.42. The van der Waals surface area contributed by atoms with Gasteiger partial charge in [-0.1, -0.05) is 45.0 Å². The highest BCUT2D eigenvalue weighted by atomic mass is 16.2. The van der Waals surface area contributed by atoms with E-state index in [0.717, 1.165) is 43.6 Å². The van der Waals surface area contributed by atoms with Gasteiger partial charge in [0.1, 0.15) is 12.0 Å². The lowest BCUT2D eigenvalue weighted by atomic mass is 9.86. The number of rotatable bonds is 5. The van der Waals surface area contributed by atoms with Crippen LogP contribution in [0.2, 0.25) is 0 Å². The molecule has 3 heterocycles. The van der Waals surface area contributed by atoms with E-state index in [9.17, 15) is 4.79 Å². The summed E-state index contributed by atoms with van der Waals surface area (Å²) in [6.45, 7) is 12.7. The predicted octanol–water partition coefficient (Wildman–Crippen LogP) is 4.18. The van der Waals surface area contributed by atoms with E-state index in [-0.39, 0.29) is 11.3 Å². The SMILES string of the molecule is Cc1c(CCc2ccc(C(C)(C)C)cc2)ncnc1C(=O)N1CCC(N2CCCC2)C1. The standard InChI is InChI=1S/C26H36N4O/c1-19-23(12-9-20-7-10-21(11-8-20)26(2,3)4)27-18-28-24(19)25(31)30-16-13-22(17-30)29-14-5-6-15-29/h7-8,10-11,18,22H,5-6,9,12-17H2,1-4H3. The number of likely N-dealkylation sites (tertiary alicyclic amines) is 2. The Labute approximate surface area is 186 Å². The van der Waals surface area contributed by atoms with Crippen LogP contribution >= 0.6 is 0 Å². The fourth-order valence-corrected chi connectivity index (χ4v) is 4.87. The van der Waals surface area contributed by atoms with Crippen LogP contribution in [0.4, 0.5) is 0 Å². The van der Waals surface area contributed by atoms with Crippen LogP contribution in [-0.4, -0.2) is 57.9 Å². The van der Waals surface area contributed by atoms with Crippen LogP contribution in [0, 0.1) is 6.92 Å². The zero-order chi connectivity index (χ0) is 22.0. The average Bonchev–Trinajstić information content (AvgIpc) is 3.44. The van der Waals surface area contributed by atoms with Crippen molar-refractivity contribution < 1.29 is 4.79 Å². The number of aryl methyl sites for hydroxylation is 2. The average molecular weight is 421 g/mol. The third-order valence-corrected chi connectivity index (χ3v) is 6.97. The number of carbonyl (C=O) groups excluding carboxylic acids is 1. The number of carbonyl (C=O) groups is 1. The molecule has 2 saturated heterocycles. The zero-order valence-corrected chi connectivity index (χ0v) is 19.5. The topological polar surface area (TPSA) is 49.3 Å². The Morgan fingerprint density at radius 3 is 2.42 bits per heavy atom. The second kappa shape index (κ2) is 9.07. The van der Waals surface area contributed by atoms with Gasteiger partial charge in [0.2, 0.25) is 0 Å². The van der Waals surface area contributed by atoms with E-state index in [2.05, 4.69) is 59.9 Å². The fraction of sp³-hybridized carbons (Fsp3) is 0.577. The molecule has 1 aromatic heterocycles. The number of benzene rings is 1. The summed E-state index contributed by atoms with van der Waals surface area (Å²) in [5.74, 6) is 0.0670. The molecule has 2 fully saturated rings. The van der Waals surface area contributed by atoms with E-state index < -0.39 is 0 Å².